The number of aryl methyl sites for hydroxylation is 2. The third-order valence-corrected chi connectivity index (χ3v) is 3.42. The monoisotopic (exact) mass is 323 g/mol. The molecule has 19 heavy (non-hydrogen) atoms. The van der Waals surface area contributed by atoms with Crippen molar-refractivity contribution in [1.29, 1.82) is 0 Å². The highest BCUT2D eigenvalue weighted by Crippen LogP contribution is 2.21. The quantitative estimate of drug-likeness (QED) is 0.942. The molecular formula is C13H14BrN3O2. The minimum absolute atomic E-state index is 0.0206. The van der Waals surface area contributed by atoms with Crippen molar-refractivity contribution in [3.8, 4) is 5.82 Å². The lowest BCUT2D eigenvalue weighted by Crippen LogP contribution is -2.06. The molecule has 0 spiro atoms. The first-order valence-corrected chi connectivity index (χ1v) is 6.59. The van der Waals surface area contributed by atoms with Crippen LogP contribution in [0.15, 0.2) is 16.7 Å². The molecular weight excluding hydrogens is 310 g/mol. The molecule has 100 valence electrons. The highest BCUT2D eigenvalue weighted by atomic mass is 79.9. The molecule has 5 nitrogen and oxygen atoms in total. The molecule has 2 aromatic rings. The molecule has 0 aliphatic carbocycles. The Morgan fingerprint density at radius 2 is 2.11 bits per heavy atom. The molecule has 0 atom stereocenters. The molecule has 0 unspecified atom stereocenters. The van der Waals surface area contributed by atoms with Crippen molar-refractivity contribution in [2.45, 2.75) is 27.2 Å². The average Bonchev–Trinajstić information content (AvgIpc) is 2.57. The van der Waals surface area contributed by atoms with Gasteiger partial charge < -0.3 is 5.11 Å². The third kappa shape index (κ3) is 2.68. The molecule has 0 radical (unpaired) electrons. The second kappa shape index (κ2) is 5.13. The summed E-state index contributed by atoms with van der Waals surface area (Å²) < 4.78 is 2.61. The minimum Gasteiger partial charge on any atom is -0.481 e. The normalized spacial score (nSPS) is 10.7. The molecule has 0 amide bonds. The van der Waals surface area contributed by atoms with Gasteiger partial charge in [0.05, 0.1) is 12.1 Å². The van der Waals surface area contributed by atoms with Gasteiger partial charge in [-0.3, -0.25) is 4.79 Å². The number of carbonyl (C=O) groups is 1. The van der Waals surface area contributed by atoms with Crippen LogP contribution in [0.4, 0.5) is 0 Å². The molecule has 0 bridgehead atoms. The Morgan fingerprint density at radius 1 is 1.42 bits per heavy atom. The molecule has 0 aliphatic rings. The van der Waals surface area contributed by atoms with E-state index in [0.717, 1.165) is 32.8 Å². The number of pyridine rings is 1. The second-order valence-corrected chi connectivity index (χ2v) is 5.34. The minimum atomic E-state index is -0.855. The van der Waals surface area contributed by atoms with Crippen LogP contribution in [0.2, 0.25) is 0 Å². The Morgan fingerprint density at radius 3 is 2.68 bits per heavy atom. The SMILES string of the molecule is Cc1cc(Br)cnc1-n1nc(C)c(CC(=O)O)c1C. The maximum absolute atomic E-state index is 10.9. The van der Waals surface area contributed by atoms with Gasteiger partial charge in [0.2, 0.25) is 0 Å². The maximum atomic E-state index is 10.9. The van der Waals surface area contributed by atoms with Crippen LogP contribution in [0, 0.1) is 20.8 Å². The molecule has 2 aromatic heterocycles. The van der Waals surface area contributed by atoms with E-state index in [1.54, 1.807) is 10.9 Å². The van der Waals surface area contributed by atoms with Gasteiger partial charge in [0.25, 0.3) is 0 Å². The molecule has 1 N–H and O–H groups in total. The van der Waals surface area contributed by atoms with Crippen LogP contribution in [0.3, 0.4) is 0 Å². The largest absolute Gasteiger partial charge is 0.481 e. The Bertz CT molecular complexity index is 650. The van der Waals surface area contributed by atoms with Gasteiger partial charge in [-0.2, -0.15) is 5.10 Å². The van der Waals surface area contributed by atoms with Crippen molar-refractivity contribution in [3.05, 3.63) is 39.3 Å². The van der Waals surface area contributed by atoms with Crippen molar-refractivity contribution in [3.63, 3.8) is 0 Å². The Hall–Kier alpha value is -1.69. The number of carboxylic acid groups (broad SMARTS) is 1. The summed E-state index contributed by atoms with van der Waals surface area (Å²) in [5, 5.41) is 13.3. The number of hydrogen-bond acceptors (Lipinski definition) is 3. The molecule has 0 aliphatic heterocycles. The summed E-state index contributed by atoms with van der Waals surface area (Å²) in [4.78, 5) is 15.2. The number of aromatic nitrogens is 3. The summed E-state index contributed by atoms with van der Waals surface area (Å²) in [7, 11) is 0. The van der Waals surface area contributed by atoms with Gasteiger partial charge >= 0.3 is 5.97 Å². The van der Waals surface area contributed by atoms with E-state index in [1.807, 2.05) is 26.8 Å². The molecule has 2 heterocycles. The fraction of sp³-hybridized carbons (Fsp3) is 0.308. The van der Waals surface area contributed by atoms with Gasteiger partial charge in [-0.25, -0.2) is 9.67 Å². The lowest BCUT2D eigenvalue weighted by Gasteiger charge is -2.07. The number of aliphatic carboxylic acids is 1. The van der Waals surface area contributed by atoms with E-state index < -0.39 is 5.97 Å². The van der Waals surface area contributed by atoms with Crippen molar-refractivity contribution in [2.75, 3.05) is 0 Å². The number of rotatable bonds is 3. The lowest BCUT2D eigenvalue weighted by atomic mass is 10.1. The van der Waals surface area contributed by atoms with Gasteiger partial charge in [-0.15, -0.1) is 0 Å². The predicted octanol–water partition coefficient (Wildman–Crippen LogP) is 2.58. The smallest absolute Gasteiger partial charge is 0.307 e. The zero-order valence-corrected chi connectivity index (χ0v) is 12.5. The van der Waals surface area contributed by atoms with E-state index in [1.165, 1.54) is 0 Å². The highest BCUT2D eigenvalue weighted by molar-refractivity contribution is 9.10. The van der Waals surface area contributed by atoms with Crippen LogP contribution in [0.25, 0.3) is 5.82 Å². The summed E-state index contributed by atoms with van der Waals surface area (Å²) in [6.45, 7) is 5.62. The van der Waals surface area contributed by atoms with E-state index >= 15 is 0 Å². The van der Waals surface area contributed by atoms with E-state index in [9.17, 15) is 4.79 Å². The van der Waals surface area contributed by atoms with Crippen molar-refractivity contribution < 1.29 is 9.90 Å². The number of nitrogens with zero attached hydrogens (tertiary/aromatic N) is 3. The lowest BCUT2D eigenvalue weighted by molar-refractivity contribution is -0.136. The molecule has 0 saturated heterocycles. The Kier molecular flexibility index (Phi) is 3.71. The average molecular weight is 324 g/mol. The third-order valence-electron chi connectivity index (χ3n) is 2.99. The van der Waals surface area contributed by atoms with Crippen molar-refractivity contribution in [2.24, 2.45) is 0 Å². The zero-order chi connectivity index (χ0) is 14.2. The second-order valence-electron chi connectivity index (χ2n) is 4.43. The van der Waals surface area contributed by atoms with Crippen LogP contribution in [-0.4, -0.2) is 25.8 Å². The summed E-state index contributed by atoms with van der Waals surface area (Å²) in [6.07, 6.45) is 1.68. The fourth-order valence-electron chi connectivity index (χ4n) is 2.04. The van der Waals surface area contributed by atoms with E-state index in [4.69, 9.17) is 5.11 Å². The van der Waals surface area contributed by atoms with Gasteiger partial charge in [0.15, 0.2) is 5.82 Å². The molecule has 0 aromatic carbocycles. The van der Waals surface area contributed by atoms with Crippen molar-refractivity contribution in [1.82, 2.24) is 14.8 Å². The van der Waals surface area contributed by atoms with Crippen LogP contribution >= 0.6 is 15.9 Å². The fourth-order valence-corrected chi connectivity index (χ4v) is 2.49. The standard InChI is InChI=1S/C13H14BrN3O2/c1-7-4-10(14)6-15-13(7)17-9(3)11(5-12(18)19)8(2)16-17/h4,6H,5H2,1-3H3,(H,18,19). The summed E-state index contributed by atoms with van der Waals surface area (Å²) >= 11 is 3.37. The molecule has 0 saturated carbocycles. The van der Waals surface area contributed by atoms with Crippen LogP contribution < -0.4 is 0 Å². The highest BCUT2D eigenvalue weighted by Gasteiger charge is 2.17. The summed E-state index contributed by atoms with van der Waals surface area (Å²) in [5.74, 6) is -0.133. The van der Waals surface area contributed by atoms with Crippen molar-refractivity contribution >= 4 is 21.9 Å². The number of carboxylic acids is 1. The number of hydrogen-bond donors (Lipinski definition) is 1. The Balaban J connectivity index is 2.54. The first-order valence-electron chi connectivity index (χ1n) is 5.79. The molecule has 6 heteroatoms. The first-order chi connectivity index (χ1) is 8.90. The summed E-state index contributed by atoms with van der Waals surface area (Å²) in [5.41, 5.74) is 3.26. The molecule has 2 rings (SSSR count). The predicted molar refractivity (Wildman–Crippen MR) is 74.6 cm³/mol. The maximum Gasteiger partial charge on any atom is 0.307 e. The van der Waals surface area contributed by atoms with E-state index in [-0.39, 0.29) is 6.42 Å². The Labute approximate surface area is 119 Å². The van der Waals surface area contributed by atoms with Crippen LogP contribution in [0.1, 0.15) is 22.5 Å². The first kappa shape index (κ1) is 13.7. The van der Waals surface area contributed by atoms with Gasteiger partial charge in [0.1, 0.15) is 0 Å². The number of halogens is 1. The van der Waals surface area contributed by atoms with Gasteiger partial charge in [0, 0.05) is 21.9 Å². The summed E-state index contributed by atoms with van der Waals surface area (Å²) in [6, 6.07) is 1.95. The van der Waals surface area contributed by atoms with Crippen LogP contribution in [-0.2, 0) is 11.2 Å². The van der Waals surface area contributed by atoms with Gasteiger partial charge in [-0.05, 0) is 48.3 Å². The topological polar surface area (TPSA) is 68.0 Å². The van der Waals surface area contributed by atoms with E-state index in [0.29, 0.717) is 0 Å². The van der Waals surface area contributed by atoms with Crippen LogP contribution in [0.5, 0.6) is 0 Å². The van der Waals surface area contributed by atoms with Gasteiger partial charge in [-0.1, -0.05) is 0 Å². The molecule has 0 fully saturated rings. The van der Waals surface area contributed by atoms with E-state index in [2.05, 4.69) is 26.0 Å². The zero-order valence-electron chi connectivity index (χ0n) is 10.9.